The second kappa shape index (κ2) is 8.07. The Morgan fingerprint density at radius 1 is 1.26 bits per heavy atom. The van der Waals surface area contributed by atoms with Crippen LogP contribution in [-0.4, -0.2) is 27.8 Å². The lowest BCUT2D eigenvalue weighted by Gasteiger charge is -2.12. The molecule has 2 aromatic heterocycles. The van der Waals surface area contributed by atoms with Crippen LogP contribution in [0.3, 0.4) is 0 Å². The molecule has 0 atom stereocenters. The maximum atomic E-state index is 12.5. The number of carbonyl (C=O) groups excluding carboxylic acids is 1. The van der Waals surface area contributed by atoms with Crippen LogP contribution in [0.2, 0.25) is 0 Å². The molecule has 0 saturated heterocycles. The van der Waals surface area contributed by atoms with Gasteiger partial charge in [-0.15, -0.1) is 10.2 Å². The van der Waals surface area contributed by atoms with Crippen LogP contribution in [0, 0.1) is 13.8 Å². The number of hydrogen-bond donors (Lipinski definition) is 1. The van der Waals surface area contributed by atoms with Gasteiger partial charge in [-0.3, -0.25) is 4.79 Å². The predicted molar refractivity (Wildman–Crippen MR) is 101 cm³/mol. The van der Waals surface area contributed by atoms with Gasteiger partial charge < -0.3 is 19.0 Å². The minimum atomic E-state index is -0.0750. The Morgan fingerprint density at radius 2 is 2.04 bits per heavy atom. The highest BCUT2D eigenvalue weighted by atomic mass is 16.5. The van der Waals surface area contributed by atoms with E-state index in [1.807, 2.05) is 55.7 Å². The summed E-state index contributed by atoms with van der Waals surface area (Å²) in [6, 6.07) is 9.61. The van der Waals surface area contributed by atoms with E-state index < -0.39 is 0 Å². The Morgan fingerprint density at radius 3 is 2.74 bits per heavy atom. The number of amides is 1. The third kappa shape index (κ3) is 4.02. The number of methoxy groups -OCH3 is 1. The van der Waals surface area contributed by atoms with Crippen molar-refractivity contribution in [2.75, 3.05) is 7.11 Å². The first kappa shape index (κ1) is 18.7. The summed E-state index contributed by atoms with van der Waals surface area (Å²) in [7, 11) is 1.62. The van der Waals surface area contributed by atoms with Crippen molar-refractivity contribution in [2.45, 2.75) is 40.3 Å². The van der Waals surface area contributed by atoms with E-state index >= 15 is 0 Å². The molecule has 0 unspecified atom stereocenters. The average Bonchev–Trinajstić information content (AvgIpc) is 3.26. The van der Waals surface area contributed by atoms with E-state index in [4.69, 9.17) is 9.15 Å². The number of aryl methyl sites for hydroxylation is 2. The van der Waals surface area contributed by atoms with E-state index in [0.29, 0.717) is 24.7 Å². The smallest absolute Gasteiger partial charge is 0.249 e. The monoisotopic (exact) mass is 368 g/mol. The summed E-state index contributed by atoms with van der Waals surface area (Å²) >= 11 is 0. The van der Waals surface area contributed by atoms with Crippen LogP contribution in [0.1, 0.15) is 29.8 Å². The molecule has 7 nitrogen and oxygen atoms in total. The Labute approximate surface area is 158 Å². The maximum absolute atomic E-state index is 12.5. The molecule has 0 radical (unpaired) electrons. The van der Waals surface area contributed by atoms with E-state index in [0.717, 1.165) is 28.3 Å². The molecule has 7 heteroatoms. The SMILES string of the molecule is CCc1nnc(-c2cc(C)n(CC(=O)NCc3ccccc3OC)c2C)o1. The van der Waals surface area contributed by atoms with Crippen LogP contribution in [0.25, 0.3) is 11.5 Å². The quantitative estimate of drug-likeness (QED) is 0.693. The number of nitrogens with one attached hydrogen (secondary N) is 1. The standard InChI is InChI=1S/C20H24N4O3/c1-5-19-22-23-20(27-19)16-10-13(2)24(14(16)3)12-18(25)21-11-15-8-6-7-9-17(15)26-4/h6-10H,5,11-12H2,1-4H3,(H,21,25). The van der Waals surface area contributed by atoms with Gasteiger partial charge in [0.2, 0.25) is 17.7 Å². The molecule has 3 rings (SSSR count). The second-order valence-electron chi connectivity index (χ2n) is 6.31. The summed E-state index contributed by atoms with van der Waals surface area (Å²) in [6.45, 7) is 6.51. The van der Waals surface area contributed by atoms with Crippen LogP contribution >= 0.6 is 0 Å². The number of carbonyl (C=O) groups is 1. The third-order valence-corrected chi connectivity index (χ3v) is 4.54. The van der Waals surface area contributed by atoms with Gasteiger partial charge in [0, 0.05) is 29.9 Å². The van der Waals surface area contributed by atoms with Crippen molar-refractivity contribution in [3.63, 3.8) is 0 Å². The highest BCUT2D eigenvalue weighted by molar-refractivity contribution is 5.76. The lowest BCUT2D eigenvalue weighted by Crippen LogP contribution is -2.28. The minimum absolute atomic E-state index is 0.0750. The summed E-state index contributed by atoms with van der Waals surface area (Å²) in [5, 5.41) is 11.1. The van der Waals surface area contributed by atoms with Gasteiger partial charge in [-0.2, -0.15) is 0 Å². The molecule has 0 aliphatic carbocycles. The first-order valence-corrected chi connectivity index (χ1v) is 8.91. The van der Waals surface area contributed by atoms with Gasteiger partial charge in [0.25, 0.3) is 0 Å². The number of benzene rings is 1. The molecule has 0 aliphatic rings. The number of aromatic nitrogens is 3. The molecule has 2 heterocycles. The van der Waals surface area contributed by atoms with Crippen LogP contribution in [0.15, 0.2) is 34.7 Å². The Balaban J connectivity index is 1.71. The van der Waals surface area contributed by atoms with Gasteiger partial charge in [-0.1, -0.05) is 25.1 Å². The molecule has 0 aliphatic heterocycles. The molecule has 1 aromatic carbocycles. The fraction of sp³-hybridized carbons (Fsp3) is 0.350. The topological polar surface area (TPSA) is 82.2 Å². The number of hydrogen-bond acceptors (Lipinski definition) is 5. The molecule has 0 fully saturated rings. The minimum Gasteiger partial charge on any atom is -0.496 e. The largest absolute Gasteiger partial charge is 0.496 e. The van der Waals surface area contributed by atoms with E-state index in [2.05, 4.69) is 15.5 Å². The Kier molecular flexibility index (Phi) is 5.59. The molecular formula is C20H24N4O3. The Bertz CT molecular complexity index is 943. The molecule has 27 heavy (non-hydrogen) atoms. The van der Waals surface area contributed by atoms with E-state index in [1.165, 1.54) is 0 Å². The van der Waals surface area contributed by atoms with Crippen LogP contribution in [0.5, 0.6) is 5.75 Å². The van der Waals surface area contributed by atoms with Crippen LogP contribution in [-0.2, 0) is 24.3 Å². The number of para-hydroxylation sites is 1. The highest BCUT2D eigenvalue weighted by Crippen LogP contribution is 2.26. The second-order valence-corrected chi connectivity index (χ2v) is 6.31. The lowest BCUT2D eigenvalue weighted by atomic mass is 10.2. The Hall–Kier alpha value is -3.09. The first-order valence-electron chi connectivity index (χ1n) is 8.91. The molecule has 0 spiro atoms. The normalized spacial score (nSPS) is 10.8. The molecule has 0 bridgehead atoms. The lowest BCUT2D eigenvalue weighted by molar-refractivity contribution is -0.121. The third-order valence-electron chi connectivity index (χ3n) is 4.54. The molecular weight excluding hydrogens is 344 g/mol. The van der Waals surface area contributed by atoms with Crippen molar-refractivity contribution in [3.8, 4) is 17.2 Å². The zero-order valence-corrected chi connectivity index (χ0v) is 16.1. The van der Waals surface area contributed by atoms with Crippen molar-refractivity contribution in [1.29, 1.82) is 0 Å². The van der Waals surface area contributed by atoms with Gasteiger partial charge in [-0.25, -0.2) is 0 Å². The summed E-state index contributed by atoms with van der Waals surface area (Å²) in [5.41, 5.74) is 3.68. The summed E-state index contributed by atoms with van der Waals surface area (Å²) < 4.78 is 12.9. The van der Waals surface area contributed by atoms with E-state index in [1.54, 1.807) is 7.11 Å². The van der Waals surface area contributed by atoms with Gasteiger partial charge in [0.15, 0.2) is 0 Å². The number of nitrogens with zero attached hydrogens (tertiary/aromatic N) is 3. The van der Waals surface area contributed by atoms with Crippen molar-refractivity contribution >= 4 is 5.91 Å². The predicted octanol–water partition coefficient (Wildman–Crippen LogP) is 3.04. The van der Waals surface area contributed by atoms with Gasteiger partial charge in [0.05, 0.1) is 12.7 Å². The van der Waals surface area contributed by atoms with Crippen molar-refractivity contribution in [1.82, 2.24) is 20.1 Å². The first-order chi connectivity index (χ1) is 13.0. The molecule has 142 valence electrons. The highest BCUT2D eigenvalue weighted by Gasteiger charge is 2.17. The molecule has 3 aromatic rings. The summed E-state index contributed by atoms with van der Waals surface area (Å²) in [4.78, 5) is 12.5. The zero-order chi connectivity index (χ0) is 19.4. The summed E-state index contributed by atoms with van der Waals surface area (Å²) in [6.07, 6.45) is 0.692. The summed E-state index contributed by atoms with van der Waals surface area (Å²) in [5.74, 6) is 1.77. The van der Waals surface area contributed by atoms with Gasteiger partial charge in [-0.05, 0) is 26.0 Å². The van der Waals surface area contributed by atoms with Crippen molar-refractivity contribution in [3.05, 3.63) is 53.2 Å². The fourth-order valence-corrected chi connectivity index (χ4v) is 3.01. The molecule has 1 N–H and O–H groups in total. The average molecular weight is 368 g/mol. The van der Waals surface area contributed by atoms with Crippen molar-refractivity contribution < 1.29 is 13.9 Å². The van der Waals surface area contributed by atoms with Gasteiger partial charge >= 0.3 is 0 Å². The van der Waals surface area contributed by atoms with Crippen molar-refractivity contribution in [2.24, 2.45) is 0 Å². The van der Waals surface area contributed by atoms with Gasteiger partial charge in [0.1, 0.15) is 12.3 Å². The van der Waals surface area contributed by atoms with E-state index in [9.17, 15) is 4.79 Å². The van der Waals surface area contributed by atoms with Crippen LogP contribution in [0.4, 0.5) is 0 Å². The zero-order valence-electron chi connectivity index (χ0n) is 16.1. The molecule has 1 amide bonds. The fourth-order valence-electron chi connectivity index (χ4n) is 3.01. The number of rotatable bonds is 7. The maximum Gasteiger partial charge on any atom is 0.249 e. The number of ether oxygens (including phenoxy) is 1. The molecule has 0 saturated carbocycles. The van der Waals surface area contributed by atoms with Crippen LogP contribution < -0.4 is 10.1 Å². The van der Waals surface area contributed by atoms with E-state index in [-0.39, 0.29) is 12.5 Å².